The molecule has 3 rings (SSSR count). The molecule has 3 amide bonds. The monoisotopic (exact) mass is 567 g/mol. The van der Waals surface area contributed by atoms with Crippen molar-refractivity contribution in [3.05, 3.63) is 71.9 Å². The van der Waals surface area contributed by atoms with Crippen molar-refractivity contribution in [3.8, 4) is 0 Å². The molecular weight excluding hydrogens is 534 g/mol. The number of aromatic nitrogens is 1. The summed E-state index contributed by atoms with van der Waals surface area (Å²) in [4.78, 5) is 64.7. The Morgan fingerprint density at radius 3 is 2.05 bits per heavy atom. The van der Waals surface area contributed by atoms with Crippen molar-refractivity contribution in [1.82, 2.24) is 20.9 Å². The number of aromatic amines is 1. The molecule has 0 bridgehead atoms. The highest BCUT2D eigenvalue weighted by Gasteiger charge is 2.31. The van der Waals surface area contributed by atoms with E-state index in [1.807, 2.05) is 18.2 Å². The number of hydrogen-bond acceptors (Lipinski definition) is 7. The highest BCUT2D eigenvalue weighted by molar-refractivity contribution is 5.95. The molecule has 0 fully saturated rings. The zero-order valence-corrected chi connectivity index (χ0v) is 22.1. The molecule has 4 unspecified atom stereocenters. The van der Waals surface area contributed by atoms with E-state index < -0.39 is 60.4 Å². The average Bonchev–Trinajstić information content (AvgIpc) is 3.36. The summed E-state index contributed by atoms with van der Waals surface area (Å²) in [5.41, 5.74) is 7.94. The van der Waals surface area contributed by atoms with Gasteiger partial charge in [0, 0.05) is 36.4 Å². The fraction of sp³-hybridized carbons (Fsp3) is 0.321. The molecule has 1 heterocycles. The lowest BCUT2D eigenvalue weighted by atomic mass is 10.0. The molecule has 3 aromatic rings. The van der Waals surface area contributed by atoms with Crippen LogP contribution in [0.5, 0.6) is 0 Å². The minimum Gasteiger partial charge on any atom is -0.481 e. The van der Waals surface area contributed by atoms with E-state index >= 15 is 0 Å². The van der Waals surface area contributed by atoms with Crippen molar-refractivity contribution in [2.24, 2.45) is 5.73 Å². The molecule has 0 aliphatic heterocycles. The Hall–Kier alpha value is -4.75. The first kappa shape index (κ1) is 30.8. The number of hydrogen-bond donors (Lipinski definition) is 8. The molecule has 13 nitrogen and oxygen atoms in total. The van der Waals surface area contributed by atoms with Crippen molar-refractivity contribution in [1.29, 1.82) is 0 Å². The molecule has 0 saturated heterocycles. The third-order valence-corrected chi connectivity index (χ3v) is 6.45. The van der Waals surface area contributed by atoms with E-state index in [1.165, 1.54) is 0 Å². The molecule has 41 heavy (non-hydrogen) atoms. The SMILES string of the molecule is NC(CCC(=O)O)C(=O)NC(Cc1c[nH]c2ccccc12)C(=O)NC(CO)C(=O)NC(Cc1ccccc1)C(=O)O. The van der Waals surface area contributed by atoms with Crippen LogP contribution in [0.4, 0.5) is 0 Å². The van der Waals surface area contributed by atoms with Gasteiger partial charge in [0.1, 0.15) is 18.1 Å². The lowest BCUT2D eigenvalue weighted by molar-refractivity contribution is -0.142. The summed E-state index contributed by atoms with van der Waals surface area (Å²) in [5.74, 6) is -4.97. The highest BCUT2D eigenvalue weighted by Crippen LogP contribution is 2.19. The summed E-state index contributed by atoms with van der Waals surface area (Å²) in [6.45, 7) is -0.846. The Bertz CT molecular complexity index is 1380. The quantitative estimate of drug-likeness (QED) is 0.120. The molecule has 0 radical (unpaired) electrons. The van der Waals surface area contributed by atoms with Crippen LogP contribution in [0, 0.1) is 0 Å². The van der Waals surface area contributed by atoms with Gasteiger partial charge >= 0.3 is 11.9 Å². The first-order chi connectivity index (χ1) is 19.6. The number of aliphatic carboxylic acids is 2. The number of aliphatic hydroxyl groups excluding tert-OH is 1. The average molecular weight is 568 g/mol. The predicted molar refractivity (Wildman–Crippen MR) is 148 cm³/mol. The molecule has 0 aliphatic rings. The smallest absolute Gasteiger partial charge is 0.326 e. The van der Waals surface area contributed by atoms with E-state index in [4.69, 9.17) is 10.8 Å². The molecule has 0 aliphatic carbocycles. The number of fused-ring (bicyclic) bond motifs is 1. The standard InChI is InChI=1S/C28H33N5O8/c29-19(10-11-24(35)36)25(37)31-21(13-17-14-30-20-9-5-4-8-18(17)20)26(38)33-23(15-34)27(39)32-22(28(40)41)12-16-6-2-1-3-7-16/h1-9,14,19,21-23,30,34H,10-13,15,29H2,(H,31,37)(H,32,39)(H,33,38)(H,35,36)(H,40,41). The number of nitrogens with two attached hydrogens (primary N) is 1. The summed E-state index contributed by atoms with van der Waals surface area (Å²) < 4.78 is 0. The summed E-state index contributed by atoms with van der Waals surface area (Å²) in [6.07, 6.45) is 1.09. The maximum atomic E-state index is 13.3. The van der Waals surface area contributed by atoms with Crippen LogP contribution >= 0.6 is 0 Å². The molecule has 0 spiro atoms. The Kier molecular flexibility index (Phi) is 11.0. The first-order valence-electron chi connectivity index (χ1n) is 12.9. The van der Waals surface area contributed by atoms with Gasteiger partial charge in [-0.2, -0.15) is 0 Å². The second kappa shape index (κ2) is 14.6. The number of carbonyl (C=O) groups excluding carboxylic acids is 3. The number of H-pyrrole nitrogens is 1. The van der Waals surface area contributed by atoms with Crippen LogP contribution in [-0.4, -0.2) is 80.7 Å². The van der Waals surface area contributed by atoms with Crippen molar-refractivity contribution in [2.45, 2.75) is 49.9 Å². The maximum Gasteiger partial charge on any atom is 0.326 e. The molecule has 13 heteroatoms. The third kappa shape index (κ3) is 8.88. The summed E-state index contributed by atoms with van der Waals surface area (Å²) >= 11 is 0. The summed E-state index contributed by atoms with van der Waals surface area (Å²) in [7, 11) is 0. The molecule has 4 atom stereocenters. The molecule has 218 valence electrons. The van der Waals surface area contributed by atoms with Crippen LogP contribution in [0.2, 0.25) is 0 Å². The van der Waals surface area contributed by atoms with Gasteiger partial charge in [-0.25, -0.2) is 4.79 Å². The van der Waals surface area contributed by atoms with Crippen molar-refractivity contribution in [3.63, 3.8) is 0 Å². The van der Waals surface area contributed by atoms with Gasteiger partial charge in [-0.3, -0.25) is 19.2 Å². The van der Waals surface area contributed by atoms with E-state index in [-0.39, 0.29) is 25.7 Å². The van der Waals surface area contributed by atoms with E-state index in [2.05, 4.69) is 20.9 Å². The minimum absolute atomic E-state index is 0.0263. The Labute approximate surface area is 235 Å². The first-order valence-corrected chi connectivity index (χ1v) is 12.9. The van der Waals surface area contributed by atoms with E-state index in [0.717, 1.165) is 10.9 Å². The largest absolute Gasteiger partial charge is 0.481 e. The van der Waals surface area contributed by atoms with Gasteiger partial charge in [0.25, 0.3) is 0 Å². The normalized spacial score (nSPS) is 13.9. The zero-order valence-electron chi connectivity index (χ0n) is 22.1. The predicted octanol–water partition coefficient (Wildman–Crippen LogP) is -0.323. The number of amides is 3. The van der Waals surface area contributed by atoms with Crippen LogP contribution < -0.4 is 21.7 Å². The third-order valence-electron chi connectivity index (χ3n) is 6.45. The van der Waals surface area contributed by atoms with Gasteiger partial charge < -0.3 is 42.0 Å². The fourth-order valence-electron chi connectivity index (χ4n) is 4.21. The number of rotatable bonds is 15. The topological polar surface area (TPSA) is 224 Å². The number of carbonyl (C=O) groups is 5. The van der Waals surface area contributed by atoms with Crippen molar-refractivity contribution in [2.75, 3.05) is 6.61 Å². The number of nitrogens with one attached hydrogen (secondary N) is 4. The van der Waals surface area contributed by atoms with E-state index in [1.54, 1.807) is 42.6 Å². The van der Waals surface area contributed by atoms with Crippen LogP contribution in [0.1, 0.15) is 24.0 Å². The number of benzene rings is 2. The Morgan fingerprint density at radius 2 is 1.39 bits per heavy atom. The van der Waals surface area contributed by atoms with Gasteiger partial charge in [-0.15, -0.1) is 0 Å². The molecular formula is C28H33N5O8. The van der Waals surface area contributed by atoms with E-state index in [9.17, 15) is 34.2 Å². The number of carboxylic acid groups (broad SMARTS) is 2. The lowest BCUT2D eigenvalue weighted by Crippen LogP contribution is -2.58. The second-order valence-electron chi connectivity index (χ2n) is 9.50. The van der Waals surface area contributed by atoms with Gasteiger partial charge in [0.05, 0.1) is 12.6 Å². The second-order valence-corrected chi connectivity index (χ2v) is 9.50. The van der Waals surface area contributed by atoms with Gasteiger partial charge in [0.2, 0.25) is 17.7 Å². The summed E-state index contributed by atoms with van der Waals surface area (Å²) in [6, 6.07) is 10.6. The highest BCUT2D eigenvalue weighted by atomic mass is 16.4. The van der Waals surface area contributed by atoms with Crippen LogP contribution in [0.15, 0.2) is 60.8 Å². The van der Waals surface area contributed by atoms with Gasteiger partial charge in [-0.1, -0.05) is 48.5 Å². The molecule has 1 aromatic heterocycles. The summed E-state index contributed by atoms with van der Waals surface area (Å²) in [5, 5.41) is 36.4. The number of aliphatic hydroxyl groups is 1. The van der Waals surface area contributed by atoms with Crippen LogP contribution in [0.3, 0.4) is 0 Å². The van der Waals surface area contributed by atoms with Crippen molar-refractivity contribution >= 4 is 40.6 Å². The van der Waals surface area contributed by atoms with Gasteiger partial charge in [-0.05, 0) is 23.6 Å². The zero-order chi connectivity index (χ0) is 29.9. The molecule has 9 N–H and O–H groups in total. The van der Waals surface area contributed by atoms with Crippen molar-refractivity contribution < 1.29 is 39.3 Å². The maximum absolute atomic E-state index is 13.3. The van der Waals surface area contributed by atoms with Crippen LogP contribution in [-0.2, 0) is 36.8 Å². The fourth-order valence-corrected chi connectivity index (χ4v) is 4.21. The lowest BCUT2D eigenvalue weighted by Gasteiger charge is -2.24. The molecule has 0 saturated carbocycles. The number of carboxylic acids is 2. The molecule has 2 aromatic carbocycles. The van der Waals surface area contributed by atoms with E-state index in [0.29, 0.717) is 11.1 Å². The minimum atomic E-state index is -1.52. The van der Waals surface area contributed by atoms with Crippen LogP contribution in [0.25, 0.3) is 10.9 Å². The Morgan fingerprint density at radius 1 is 0.780 bits per heavy atom. The number of para-hydroxylation sites is 1. The Balaban J connectivity index is 1.75. The van der Waals surface area contributed by atoms with Gasteiger partial charge in [0.15, 0.2) is 0 Å².